The van der Waals surface area contributed by atoms with Gasteiger partial charge >= 0.3 is 5.97 Å². The summed E-state index contributed by atoms with van der Waals surface area (Å²) in [5.74, 6) is -1.17. The highest BCUT2D eigenvalue weighted by atomic mass is 32.1. The maximum absolute atomic E-state index is 13.2. The molecule has 1 aromatic heterocycles. The van der Waals surface area contributed by atoms with Crippen LogP contribution in [0.3, 0.4) is 0 Å². The van der Waals surface area contributed by atoms with Crippen LogP contribution in [0.25, 0.3) is 0 Å². The number of amides is 2. The van der Waals surface area contributed by atoms with E-state index in [4.69, 9.17) is 0 Å². The molecule has 0 spiro atoms. The molecule has 1 aliphatic heterocycles. The molecule has 7 heteroatoms. The zero-order valence-electron chi connectivity index (χ0n) is 15.3. The Balaban J connectivity index is 1.57. The average Bonchev–Trinajstić information content (AvgIpc) is 3.35. The van der Waals surface area contributed by atoms with Crippen LogP contribution >= 0.6 is 11.3 Å². The molecule has 2 fully saturated rings. The second-order valence-corrected chi connectivity index (χ2v) is 8.37. The van der Waals surface area contributed by atoms with E-state index < -0.39 is 12.0 Å². The first-order valence-corrected chi connectivity index (χ1v) is 10.4. The maximum Gasteiger partial charge on any atom is 0.326 e. The number of carbonyl (C=O) groups is 3. The van der Waals surface area contributed by atoms with Gasteiger partial charge in [-0.3, -0.25) is 9.59 Å². The highest BCUT2D eigenvalue weighted by Gasteiger charge is 2.47. The predicted molar refractivity (Wildman–Crippen MR) is 107 cm³/mol. The monoisotopic (exact) mass is 398 g/mol. The molecular weight excluding hydrogens is 376 g/mol. The van der Waals surface area contributed by atoms with E-state index in [0.29, 0.717) is 22.5 Å². The molecule has 4 rings (SSSR count). The van der Waals surface area contributed by atoms with Crippen molar-refractivity contribution in [2.75, 3.05) is 5.32 Å². The van der Waals surface area contributed by atoms with E-state index in [2.05, 4.69) is 5.32 Å². The number of nitrogens with zero attached hydrogens (tertiary/aromatic N) is 1. The Morgan fingerprint density at radius 3 is 2.68 bits per heavy atom. The van der Waals surface area contributed by atoms with E-state index in [1.807, 2.05) is 5.38 Å². The summed E-state index contributed by atoms with van der Waals surface area (Å²) < 4.78 is 0. The van der Waals surface area contributed by atoms with Gasteiger partial charge in [0.05, 0.1) is 4.88 Å². The third-order valence-electron chi connectivity index (χ3n) is 5.72. The standard InChI is InChI=1S/C21H22N2O4S/c24-19(18-9-4-10-28-18)22-15-7-3-6-14(11-15)20(25)23-16-8-2-1-5-13(16)12-17(23)21(26)27/h3-4,6-7,9-11,13,16-17H,1-2,5,8,12H2,(H,22,24)(H,26,27). The zero-order chi connectivity index (χ0) is 19.7. The van der Waals surface area contributed by atoms with Crippen LogP contribution < -0.4 is 5.32 Å². The number of aliphatic carboxylic acids is 1. The smallest absolute Gasteiger partial charge is 0.326 e. The Labute approximate surface area is 167 Å². The molecule has 2 aromatic rings. The summed E-state index contributed by atoms with van der Waals surface area (Å²) in [5.41, 5.74) is 0.928. The molecule has 1 saturated carbocycles. The molecular formula is C21H22N2O4S. The highest BCUT2D eigenvalue weighted by Crippen LogP contribution is 2.40. The summed E-state index contributed by atoms with van der Waals surface area (Å²) in [4.78, 5) is 39.5. The number of hydrogen-bond donors (Lipinski definition) is 2. The lowest BCUT2D eigenvalue weighted by Gasteiger charge is -2.33. The third kappa shape index (κ3) is 3.54. The molecule has 0 radical (unpaired) electrons. The van der Waals surface area contributed by atoms with Gasteiger partial charge in [-0.25, -0.2) is 4.79 Å². The van der Waals surface area contributed by atoms with Gasteiger partial charge in [0, 0.05) is 17.3 Å². The molecule has 2 aliphatic rings. The van der Waals surface area contributed by atoms with Crippen LogP contribution in [0.5, 0.6) is 0 Å². The molecule has 2 amide bonds. The minimum atomic E-state index is -0.940. The maximum atomic E-state index is 13.2. The fourth-order valence-corrected chi connectivity index (χ4v) is 5.07. The summed E-state index contributed by atoms with van der Waals surface area (Å²) >= 11 is 1.34. The quantitative estimate of drug-likeness (QED) is 0.819. The minimum absolute atomic E-state index is 0.00767. The van der Waals surface area contributed by atoms with Crippen LogP contribution in [-0.2, 0) is 4.79 Å². The van der Waals surface area contributed by atoms with Gasteiger partial charge in [0.2, 0.25) is 0 Å². The van der Waals surface area contributed by atoms with E-state index in [1.165, 1.54) is 11.3 Å². The van der Waals surface area contributed by atoms with E-state index in [-0.39, 0.29) is 23.8 Å². The normalized spacial score (nSPS) is 23.9. The first kappa shape index (κ1) is 18.7. The van der Waals surface area contributed by atoms with Gasteiger partial charge in [0.15, 0.2) is 0 Å². The number of rotatable bonds is 4. The van der Waals surface area contributed by atoms with E-state index in [0.717, 1.165) is 25.7 Å². The molecule has 3 unspecified atom stereocenters. The fourth-order valence-electron chi connectivity index (χ4n) is 4.45. The number of benzene rings is 1. The van der Waals surface area contributed by atoms with Gasteiger partial charge < -0.3 is 15.3 Å². The van der Waals surface area contributed by atoms with Crippen molar-refractivity contribution in [1.29, 1.82) is 0 Å². The first-order valence-electron chi connectivity index (χ1n) is 9.55. The van der Waals surface area contributed by atoms with Crippen molar-refractivity contribution in [1.82, 2.24) is 4.90 Å². The average molecular weight is 398 g/mol. The lowest BCUT2D eigenvalue weighted by atomic mass is 9.84. The van der Waals surface area contributed by atoms with Gasteiger partial charge in [0.1, 0.15) is 6.04 Å². The highest BCUT2D eigenvalue weighted by molar-refractivity contribution is 7.12. The summed E-state index contributed by atoms with van der Waals surface area (Å²) in [7, 11) is 0. The predicted octanol–water partition coefficient (Wildman–Crippen LogP) is 3.86. The fraction of sp³-hybridized carbons (Fsp3) is 0.381. The van der Waals surface area contributed by atoms with E-state index in [9.17, 15) is 19.5 Å². The van der Waals surface area contributed by atoms with Crippen molar-refractivity contribution in [3.8, 4) is 0 Å². The van der Waals surface area contributed by atoms with Crippen molar-refractivity contribution >= 4 is 34.8 Å². The largest absolute Gasteiger partial charge is 0.480 e. The van der Waals surface area contributed by atoms with Crippen LogP contribution in [0, 0.1) is 5.92 Å². The molecule has 146 valence electrons. The Kier molecular flexibility index (Phi) is 5.17. The topological polar surface area (TPSA) is 86.7 Å². The van der Waals surface area contributed by atoms with Crippen LogP contribution in [0.1, 0.15) is 52.1 Å². The number of nitrogens with one attached hydrogen (secondary N) is 1. The first-order chi connectivity index (χ1) is 13.5. The Morgan fingerprint density at radius 1 is 1.11 bits per heavy atom. The van der Waals surface area contributed by atoms with Crippen LogP contribution in [0.2, 0.25) is 0 Å². The second-order valence-electron chi connectivity index (χ2n) is 7.43. The van der Waals surface area contributed by atoms with Gasteiger partial charge in [-0.15, -0.1) is 11.3 Å². The van der Waals surface area contributed by atoms with E-state index in [1.54, 1.807) is 41.3 Å². The zero-order valence-corrected chi connectivity index (χ0v) is 16.2. The van der Waals surface area contributed by atoms with Crippen molar-refractivity contribution in [2.24, 2.45) is 5.92 Å². The molecule has 28 heavy (non-hydrogen) atoms. The lowest BCUT2D eigenvalue weighted by Crippen LogP contribution is -2.46. The van der Waals surface area contributed by atoms with E-state index >= 15 is 0 Å². The Morgan fingerprint density at radius 2 is 1.93 bits per heavy atom. The van der Waals surface area contributed by atoms with Crippen molar-refractivity contribution in [3.05, 3.63) is 52.2 Å². The molecule has 2 heterocycles. The Hall–Kier alpha value is -2.67. The molecule has 1 aromatic carbocycles. The second kappa shape index (κ2) is 7.75. The molecule has 0 bridgehead atoms. The Bertz CT molecular complexity index is 896. The number of hydrogen-bond acceptors (Lipinski definition) is 4. The summed E-state index contributed by atoms with van der Waals surface area (Å²) in [5, 5.41) is 14.3. The number of carboxylic acid groups (broad SMARTS) is 1. The number of anilines is 1. The summed E-state index contributed by atoms with van der Waals surface area (Å²) in [6, 6.07) is 9.50. The number of carboxylic acids is 1. The lowest BCUT2D eigenvalue weighted by molar-refractivity contribution is -0.141. The third-order valence-corrected chi connectivity index (χ3v) is 6.59. The SMILES string of the molecule is O=C(Nc1cccc(C(=O)N2C(C(=O)O)CC3CCCCC32)c1)c1cccs1. The molecule has 1 saturated heterocycles. The van der Waals surface area contributed by atoms with Crippen molar-refractivity contribution in [3.63, 3.8) is 0 Å². The van der Waals surface area contributed by atoms with Crippen LogP contribution in [0.4, 0.5) is 5.69 Å². The van der Waals surface area contributed by atoms with Gasteiger partial charge in [0.25, 0.3) is 11.8 Å². The van der Waals surface area contributed by atoms with Gasteiger partial charge in [-0.2, -0.15) is 0 Å². The molecule has 3 atom stereocenters. The number of carbonyl (C=O) groups excluding carboxylic acids is 2. The summed E-state index contributed by atoms with van der Waals surface area (Å²) in [6.45, 7) is 0. The molecule has 2 N–H and O–H groups in total. The number of likely N-dealkylation sites (tertiary alicyclic amines) is 1. The van der Waals surface area contributed by atoms with Crippen molar-refractivity contribution in [2.45, 2.75) is 44.2 Å². The number of fused-ring (bicyclic) bond motifs is 1. The van der Waals surface area contributed by atoms with Gasteiger partial charge in [-0.1, -0.05) is 25.0 Å². The summed E-state index contributed by atoms with van der Waals surface area (Å²) in [6.07, 6.45) is 4.48. The van der Waals surface area contributed by atoms with Gasteiger partial charge in [-0.05, 0) is 54.8 Å². The van der Waals surface area contributed by atoms with Crippen LogP contribution in [-0.4, -0.2) is 39.9 Å². The van der Waals surface area contributed by atoms with Crippen LogP contribution in [0.15, 0.2) is 41.8 Å². The number of thiophene rings is 1. The molecule has 6 nitrogen and oxygen atoms in total. The molecule has 1 aliphatic carbocycles. The minimum Gasteiger partial charge on any atom is -0.480 e. The van der Waals surface area contributed by atoms with Crippen molar-refractivity contribution < 1.29 is 19.5 Å².